The molecule has 62 valence electrons. The summed E-state index contributed by atoms with van der Waals surface area (Å²) in [5.41, 5.74) is 5.37. The summed E-state index contributed by atoms with van der Waals surface area (Å²) in [6.45, 7) is 0.864. The second-order valence-electron chi connectivity index (χ2n) is 2.55. The van der Waals surface area contributed by atoms with Crippen molar-refractivity contribution >= 4 is 11.8 Å². The van der Waals surface area contributed by atoms with Crippen molar-refractivity contribution in [1.29, 1.82) is 0 Å². The van der Waals surface area contributed by atoms with E-state index in [4.69, 9.17) is 5.73 Å². The Morgan fingerprint density at radius 3 is 2.20 bits per heavy atom. The van der Waals surface area contributed by atoms with Crippen molar-refractivity contribution in [3.63, 3.8) is 0 Å². The van der Waals surface area contributed by atoms with Gasteiger partial charge in [0.15, 0.2) is 0 Å². The van der Waals surface area contributed by atoms with Crippen LogP contribution in [0.1, 0.15) is 32.1 Å². The normalized spacial score (nSPS) is 10.2. The molecule has 0 saturated heterocycles. The molecule has 0 bridgehead atoms. The Kier molecular flexibility index (Phi) is 9.60. The molecule has 10 heavy (non-hydrogen) atoms. The Labute approximate surface area is 68.8 Å². The molecule has 0 aromatic carbocycles. The SMILES string of the molecule is CSCCCCCCCN. The van der Waals surface area contributed by atoms with E-state index in [2.05, 4.69) is 6.26 Å². The van der Waals surface area contributed by atoms with Crippen molar-refractivity contribution in [3.8, 4) is 0 Å². The number of nitrogens with two attached hydrogens (primary N) is 1. The standard InChI is InChI=1S/C8H19NS/c1-10-8-6-4-2-3-5-7-9/h2-9H2,1H3. The zero-order valence-corrected chi connectivity index (χ0v) is 7.75. The molecule has 0 aliphatic carbocycles. The van der Waals surface area contributed by atoms with Gasteiger partial charge < -0.3 is 5.73 Å². The minimum Gasteiger partial charge on any atom is -0.330 e. The minimum absolute atomic E-state index is 0.864. The second kappa shape index (κ2) is 9.31. The van der Waals surface area contributed by atoms with Crippen LogP contribution >= 0.6 is 11.8 Å². The summed E-state index contributed by atoms with van der Waals surface area (Å²) >= 11 is 1.94. The molecule has 0 spiro atoms. The fourth-order valence-electron chi connectivity index (χ4n) is 0.921. The first kappa shape index (κ1) is 10.3. The Bertz CT molecular complexity index is 49.2. The summed E-state index contributed by atoms with van der Waals surface area (Å²) in [6, 6.07) is 0. The van der Waals surface area contributed by atoms with Crippen molar-refractivity contribution in [2.75, 3.05) is 18.6 Å². The molecule has 1 nitrogen and oxygen atoms in total. The summed E-state index contributed by atoms with van der Waals surface area (Å²) in [5.74, 6) is 1.32. The molecular formula is C8H19NS. The van der Waals surface area contributed by atoms with Crippen LogP contribution in [0.15, 0.2) is 0 Å². The van der Waals surface area contributed by atoms with Crippen LogP contribution in [0, 0.1) is 0 Å². The van der Waals surface area contributed by atoms with Crippen LogP contribution in [0.2, 0.25) is 0 Å². The molecule has 0 saturated carbocycles. The molecule has 0 atom stereocenters. The van der Waals surface area contributed by atoms with Crippen LogP contribution in [-0.4, -0.2) is 18.6 Å². The van der Waals surface area contributed by atoms with Crippen LogP contribution in [0.3, 0.4) is 0 Å². The van der Waals surface area contributed by atoms with E-state index in [1.54, 1.807) is 0 Å². The molecule has 0 amide bonds. The smallest absolute Gasteiger partial charge is 0.00703 e. The van der Waals surface area contributed by atoms with E-state index in [9.17, 15) is 0 Å². The Morgan fingerprint density at radius 2 is 1.60 bits per heavy atom. The molecule has 2 N–H and O–H groups in total. The molecule has 0 fully saturated rings. The molecule has 0 aromatic rings. The van der Waals surface area contributed by atoms with E-state index in [-0.39, 0.29) is 0 Å². The largest absolute Gasteiger partial charge is 0.330 e. The highest BCUT2D eigenvalue weighted by molar-refractivity contribution is 7.98. The maximum Gasteiger partial charge on any atom is -0.00703 e. The van der Waals surface area contributed by atoms with Gasteiger partial charge in [0, 0.05) is 0 Å². The average Bonchev–Trinajstić information content (AvgIpc) is 1.97. The highest BCUT2D eigenvalue weighted by Gasteiger charge is 1.87. The fraction of sp³-hybridized carbons (Fsp3) is 1.00. The molecule has 0 aliphatic heterocycles. The number of hydrogen-bond acceptors (Lipinski definition) is 2. The van der Waals surface area contributed by atoms with Gasteiger partial charge >= 0.3 is 0 Å². The average molecular weight is 161 g/mol. The summed E-state index contributed by atoms with van der Waals surface area (Å²) in [5, 5.41) is 0. The Morgan fingerprint density at radius 1 is 1.00 bits per heavy atom. The molecule has 0 aromatic heterocycles. The van der Waals surface area contributed by atoms with Crippen molar-refractivity contribution in [2.24, 2.45) is 5.73 Å². The van der Waals surface area contributed by atoms with E-state index in [1.807, 2.05) is 11.8 Å². The van der Waals surface area contributed by atoms with Gasteiger partial charge in [-0.05, 0) is 31.4 Å². The lowest BCUT2D eigenvalue weighted by Gasteiger charge is -1.97. The lowest BCUT2D eigenvalue weighted by Crippen LogP contribution is -1.97. The zero-order chi connectivity index (χ0) is 7.66. The van der Waals surface area contributed by atoms with E-state index in [0.29, 0.717) is 0 Å². The number of unbranched alkanes of at least 4 members (excludes halogenated alkanes) is 4. The maximum absolute atomic E-state index is 5.37. The molecule has 0 radical (unpaired) electrons. The van der Waals surface area contributed by atoms with Gasteiger partial charge in [-0.1, -0.05) is 19.3 Å². The van der Waals surface area contributed by atoms with Gasteiger partial charge in [0.05, 0.1) is 0 Å². The number of rotatable bonds is 7. The fourth-order valence-corrected chi connectivity index (χ4v) is 1.41. The van der Waals surface area contributed by atoms with Gasteiger partial charge in [0.25, 0.3) is 0 Å². The van der Waals surface area contributed by atoms with Gasteiger partial charge in [-0.3, -0.25) is 0 Å². The third-order valence-electron chi connectivity index (χ3n) is 1.55. The molecule has 0 heterocycles. The molecule has 0 unspecified atom stereocenters. The van der Waals surface area contributed by atoms with Crippen LogP contribution in [-0.2, 0) is 0 Å². The first-order valence-electron chi connectivity index (χ1n) is 4.11. The molecule has 0 aliphatic rings. The van der Waals surface area contributed by atoms with E-state index in [0.717, 1.165) is 6.54 Å². The van der Waals surface area contributed by atoms with Crippen LogP contribution in [0.5, 0.6) is 0 Å². The highest BCUT2D eigenvalue weighted by Crippen LogP contribution is 2.05. The van der Waals surface area contributed by atoms with Gasteiger partial charge in [-0.2, -0.15) is 11.8 Å². The third-order valence-corrected chi connectivity index (χ3v) is 2.25. The monoisotopic (exact) mass is 161 g/mol. The van der Waals surface area contributed by atoms with Crippen molar-refractivity contribution < 1.29 is 0 Å². The topological polar surface area (TPSA) is 26.0 Å². The molecular weight excluding hydrogens is 142 g/mol. The summed E-state index contributed by atoms with van der Waals surface area (Å²) < 4.78 is 0. The maximum atomic E-state index is 5.37. The van der Waals surface area contributed by atoms with Crippen LogP contribution < -0.4 is 5.73 Å². The Balaban J connectivity index is 2.65. The second-order valence-corrected chi connectivity index (χ2v) is 3.53. The van der Waals surface area contributed by atoms with Gasteiger partial charge in [-0.15, -0.1) is 0 Å². The number of thioether (sulfide) groups is 1. The quantitative estimate of drug-likeness (QED) is 0.580. The lowest BCUT2D eigenvalue weighted by atomic mass is 10.2. The van der Waals surface area contributed by atoms with Crippen LogP contribution in [0.25, 0.3) is 0 Å². The first-order chi connectivity index (χ1) is 4.91. The van der Waals surface area contributed by atoms with Crippen molar-refractivity contribution in [1.82, 2.24) is 0 Å². The molecule has 0 rings (SSSR count). The summed E-state index contributed by atoms with van der Waals surface area (Å²) in [7, 11) is 0. The number of hydrogen-bond donors (Lipinski definition) is 1. The summed E-state index contributed by atoms with van der Waals surface area (Å²) in [6.07, 6.45) is 8.84. The highest BCUT2D eigenvalue weighted by atomic mass is 32.2. The lowest BCUT2D eigenvalue weighted by molar-refractivity contribution is 0.641. The predicted octanol–water partition coefficient (Wildman–Crippen LogP) is 2.26. The summed E-state index contributed by atoms with van der Waals surface area (Å²) in [4.78, 5) is 0. The predicted molar refractivity (Wildman–Crippen MR) is 50.5 cm³/mol. The zero-order valence-electron chi connectivity index (χ0n) is 6.94. The third kappa shape index (κ3) is 8.31. The van der Waals surface area contributed by atoms with Gasteiger partial charge in [0.1, 0.15) is 0 Å². The van der Waals surface area contributed by atoms with Crippen molar-refractivity contribution in [3.05, 3.63) is 0 Å². The van der Waals surface area contributed by atoms with Gasteiger partial charge in [0.2, 0.25) is 0 Å². The van der Waals surface area contributed by atoms with Crippen LogP contribution in [0.4, 0.5) is 0 Å². The van der Waals surface area contributed by atoms with Gasteiger partial charge in [-0.25, -0.2) is 0 Å². The minimum atomic E-state index is 0.864. The first-order valence-corrected chi connectivity index (χ1v) is 5.50. The molecule has 2 heteroatoms. The van der Waals surface area contributed by atoms with E-state index < -0.39 is 0 Å². The van der Waals surface area contributed by atoms with E-state index in [1.165, 1.54) is 37.9 Å². The van der Waals surface area contributed by atoms with E-state index >= 15 is 0 Å². The Hall–Kier alpha value is 0.310. The van der Waals surface area contributed by atoms with Crippen molar-refractivity contribution in [2.45, 2.75) is 32.1 Å².